The van der Waals surface area contributed by atoms with Crippen molar-refractivity contribution in [2.45, 2.75) is 26.3 Å². The van der Waals surface area contributed by atoms with Gasteiger partial charge in [-0.25, -0.2) is 0 Å². The summed E-state index contributed by atoms with van der Waals surface area (Å²) in [5.74, 6) is 1.65. The molecular formula is C16H20N2. The van der Waals surface area contributed by atoms with E-state index < -0.39 is 0 Å². The lowest BCUT2D eigenvalue weighted by Crippen LogP contribution is -2.23. The van der Waals surface area contributed by atoms with Crippen molar-refractivity contribution in [3.05, 3.63) is 42.1 Å². The van der Waals surface area contributed by atoms with Gasteiger partial charge in [0.1, 0.15) is 0 Å². The van der Waals surface area contributed by atoms with E-state index in [1.807, 2.05) is 12.3 Å². The molecule has 3 atom stereocenters. The first-order chi connectivity index (χ1) is 8.79. The molecule has 1 fully saturated rings. The van der Waals surface area contributed by atoms with Gasteiger partial charge in [-0.1, -0.05) is 32.0 Å². The van der Waals surface area contributed by atoms with Gasteiger partial charge in [0.25, 0.3) is 0 Å². The van der Waals surface area contributed by atoms with E-state index in [-0.39, 0.29) is 0 Å². The van der Waals surface area contributed by atoms with Gasteiger partial charge in [-0.2, -0.15) is 0 Å². The van der Waals surface area contributed by atoms with Crippen LogP contribution >= 0.6 is 0 Å². The second kappa shape index (κ2) is 4.69. The third-order valence-corrected chi connectivity index (χ3v) is 4.01. The van der Waals surface area contributed by atoms with E-state index in [1.54, 1.807) is 0 Å². The Kier molecular flexibility index (Phi) is 3.04. The molecular weight excluding hydrogens is 220 g/mol. The third-order valence-electron chi connectivity index (χ3n) is 4.01. The van der Waals surface area contributed by atoms with Crippen molar-refractivity contribution in [1.82, 2.24) is 10.3 Å². The van der Waals surface area contributed by atoms with Crippen LogP contribution < -0.4 is 5.32 Å². The standard InChI is InChI=1S/C16H20N2/c1-3-17-16(14-9-11(14)2)13-7-6-12-5-4-8-18-15(12)10-13/h4-8,10-11,14,16-17H,3,9H2,1-2H3. The molecule has 0 aliphatic heterocycles. The van der Waals surface area contributed by atoms with Crippen molar-refractivity contribution in [2.24, 2.45) is 11.8 Å². The van der Waals surface area contributed by atoms with Gasteiger partial charge in [0.05, 0.1) is 5.52 Å². The predicted octanol–water partition coefficient (Wildman–Crippen LogP) is 3.54. The molecule has 3 rings (SSSR count). The van der Waals surface area contributed by atoms with Crippen LogP contribution in [0.15, 0.2) is 36.5 Å². The van der Waals surface area contributed by atoms with Crippen LogP contribution in [-0.4, -0.2) is 11.5 Å². The molecule has 2 nitrogen and oxygen atoms in total. The summed E-state index contributed by atoms with van der Waals surface area (Å²) in [7, 11) is 0. The summed E-state index contributed by atoms with van der Waals surface area (Å²) < 4.78 is 0. The Bertz CT molecular complexity index is 550. The van der Waals surface area contributed by atoms with Crippen LogP contribution in [0.25, 0.3) is 10.9 Å². The maximum absolute atomic E-state index is 4.46. The number of pyridine rings is 1. The molecule has 1 aromatic carbocycles. The first kappa shape index (κ1) is 11.7. The quantitative estimate of drug-likeness (QED) is 0.884. The van der Waals surface area contributed by atoms with Crippen molar-refractivity contribution in [3.63, 3.8) is 0 Å². The molecule has 2 aromatic rings. The summed E-state index contributed by atoms with van der Waals surface area (Å²) >= 11 is 0. The van der Waals surface area contributed by atoms with Crippen molar-refractivity contribution in [2.75, 3.05) is 6.54 Å². The van der Waals surface area contributed by atoms with Crippen LogP contribution in [0.5, 0.6) is 0 Å². The SMILES string of the molecule is CCNC(c1ccc2cccnc2c1)C1CC1C. The second-order valence-corrected chi connectivity index (χ2v) is 5.37. The zero-order chi connectivity index (χ0) is 12.5. The Labute approximate surface area is 108 Å². The molecule has 0 amide bonds. The molecule has 0 spiro atoms. The van der Waals surface area contributed by atoms with Gasteiger partial charge in [-0.3, -0.25) is 4.98 Å². The third kappa shape index (κ3) is 2.13. The minimum absolute atomic E-state index is 0.497. The van der Waals surface area contributed by atoms with Crippen LogP contribution in [0.2, 0.25) is 0 Å². The van der Waals surface area contributed by atoms with E-state index in [0.717, 1.165) is 23.9 Å². The number of fused-ring (bicyclic) bond motifs is 1. The van der Waals surface area contributed by atoms with Crippen molar-refractivity contribution < 1.29 is 0 Å². The van der Waals surface area contributed by atoms with Gasteiger partial charge in [-0.15, -0.1) is 0 Å². The first-order valence-corrected chi connectivity index (χ1v) is 6.87. The topological polar surface area (TPSA) is 24.9 Å². The van der Waals surface area contributed by atoms with Gasteiger partial charge in [-0.05, 0) is 42.5 Å². The Morgan fingerprint density at radius 1 is 1.39 bits per heavy atom. The van der Waals surface area contributed by atoms with Crippen LogP contribution in [0, 0.1) is 11.8 Å². The second-order valence-electron chi connectivity index (χ2n) is 5.37. The lowest BCUT2D eigenvalue weighted by Gasteiger charge is -2.18. The highest BCUT2D eigenvalue weighted by Crippen LogP contribution is 2.47. The minimum Gasteiger partial charge on any atom is -0.310 e. The van der Waals surface area contributed by atoms with E-state index in [4.69, 9.17) is 0 Å². The van der Waals surface area contributed by atoms with Crippen molar-refractivity contribution in [3.8, 4) is 0 Å². The van der Waals surface area contributed by atoms with E-state index in [1.165, 1.54) is 17.4 Å². The van der Waals surface area contributed by atoms with E-state index in [2.05, 4.69) is 48.4 Å². The van der Waals surface area contributed by atoms with Crippen LogP contribution in [-0.2, 0) is 0 Å². The lowest BCUT2D eigenvalue weighted by atomic mass is 9.99. The highest BCUT2D eigenvalue weighted by Gasteiger charge is 2.39. The molecule has 1 saturated carbocycles. The molecule has 1 aromatic heterocycles. The molecule has 1 heterocycles. The molecule has 0 radical (unpaired) electrons. The molecule has 2 heteroatoms. The molecule has 18 heavy (non-hydrogen) atoms. The number of aromatic nitrogens is 1. The largest absolute Gasteiger partial charge is 0.310 e. The van der Waals surface area contributed by atoms with Crippen LogP contribution in [0.1, 0.15) is 31.9 Å². The fraction of sp³-hybridized carbons (Fsp3) is 0.438. The van der Waals surface area contributed by atoms with Gasteiger partial charge in [0.15, 0.2) is 0 Å². The smallest absolute Gasteiger partial charge is 0.0705 e. The number of hydrogen-bond donors (Lipinski definition) is 1. The molecule has 1 N–H and O–H groups in total. The lowest BCUT2D eigenvalue weighted by molar-refractivity contribution is 0.476. The summed E-state index contributed by atoms with van der Waals surface area (Å²) in [6, 6.07) is 11.3. The minimum atomic E-state index is 0.497. The Morgan fingerprint density at radius 2 is 2.22 bits per heavy atom. The number of benzene rings is 1. The van der Waals surface area contributed by atoms with E-state index in [9.17, 15) is 0 Å². The van der Waals surface area contributed by atoms with Crippen molar-refractivity contribution in [1.29, 1.82) is 0 Å². The Balaban J connectivity index is 1.95. The number of nitrogens with zero attached hydrogens (tertiary/aromatic N) is 1. The molecule has 1 aliphatic carbocycles. The van der Waals surface area contributed by atoms with E-state index >= 15 is 0 Å². The number of nitrogens with one attached hydrogen (secondary N) is 1. The molecule has 3 unspecified atom stereocenters. The summed E-state index contributed by atoms with van der Waals surface area (Å²) in [5.41, 5.74) is 2.49. The van der Waals surface area contributed by atoms with E-state index in [0.29, 0.717) is 6.04 Å². The first-order valence-electron chi connectivity index (χ1n) is 6.87. The maximum atomic E-state index is 4.46. The van der Waals surface area contributed by atoms with Crippen LogP contribution in [0.4, 0.5) is 0 Å². The van der Waals surface area contributed by atoms with Gasteiger partial charge in [0, 0.05) is 17.6 Å². The maximum Gasteiger partial charge on any atom is 0.0705 e. The fourth-order valence-electron chi connectivity index (χ4n) is 2.83. The summed E-state index contributed by atoms with van der Waals surface area (Å²) in [5, 5.41) is 4.85. The summed E-state index contributed by atoms with van der Waals surface area (Å²) in [6.45, 7) is 5.54. The highest BCUT2D eigenvalue weighted by atomic mass is 14.9. The average Bonchev–Trinajstić information content (AvgIpc) is 3.12. The fourth-order valence-corrected chi connectivity index (χ4v) is 2.83. The summed E-state index contributed by atoms with van der Waals surface area (Å²) in [4.78, 5) is 4.46. The van der Waals surface area contributed by atoms with Gasteiger partial charge in [0.2, 0.25) is 0 Å². The number of hydrogen-bond acceptors (Lipinski definition) is 2. The Morgan fingerprint density at radius 3 is 2.94 bits per heavy atom. The summed E-state index contributed by atoms with van der Waals surface area (Å²) in [6.07, 6.45) is 3.21. The van der Waals surface area contributed by atoms with Crippen LogP contribution in [0.3, 0.4) is 0 Å². The number of rotatable bonds is 4. The zero-order valence-electron chi connectivity index (χ0n) is 11.1. The molecule has 94 valence electrons. The predicted molar refractivity (Wildman–Crippen MR) is 75.4 cm³/mol. The zero-order valence-corrected chi connectivity index (χ0v) is 11.1. The molecule has 1 aliphatic rings. The highest BCUT2D eigenvalue weighted by molar-refractivity contribution is 5.79. The van der Waals surface area contributed by atoms with Gasteiger partial charge < -0.3 is 5.32 Å². The van der Waals surface area contributed by atoms with Gasteiger partial charge >= 0.3 is 0 Å². The molecule has 0 bridgehead atoms. The normalized spacial score (nSPS) is 24.1. The Hall–Kier alpha value is -1.41. The van der Waals surface area contributed by atoms with Crippen molar-refractivity contribution >= 4 is 10.9 Å². The molecule has 0 saturated heterocycles. The monoisotopic (exact) mass is 240 g/mol. The average molecular weight is 240 g/mol.